The van der Waals surface area contributed by atoms with Crippen molar-refractivity contribution in [2.75, 3.05) is 0 Å². The first-order valence-corrected chi connectivity index (χ1v) is 7.42. The highest BCUT2D eigenvalue weighted by Gasteiger charge is 2.31. The molecule has 1 rings (SSSR count). The Bertz CT molecular complexity index is 620. The van der Waals surface area contributed by atoms with Gasteiger partial charge in [0.1, 0.15) is 6.07 Å². The number of benzene rings is 1. The molecule has 0 amide bonds. The van der Waals surface area contributed by atoms with Crippen molar-refractivity contribution in [3.05, 3.63) is 23.3 Å². The van der Waals surface area contributed by atoms with Crippen LogP contribution < -0.4 is 0 Å². The number of hydrogen-bond donors (Lipinski definition) is 0. The Kier molecular flexibility index (Phi) is 4.20. The van der Waals surface area contributed by atoms with Gasteiger partial charge in [-0.1, -0.05) is 0 Å². The van der Waals surface area contributed by atoms with E-state index < -0.39 is 36.1 Å². The average molecular weight is 316 g/mol. The van der Waals surface area contributed by atoms with Gasteiger partial charge in [0.05, 0.1) is 10.5 Å². The number of alkyl halides is 3. The molecule has 0 N–H and O–H groups in total. The normalized spacial score (nSPS) is 12.2. The third-order valence-electron chi connectivity index (χ3n) is 1.89. The number of halogens is 4. The number of thioether (sulfide) groups is 1. The molecular formula is C9H5ClF3NO2S2. The summed E-state index contributed by atoms with van der Waals surface area (Å²) in [7, 11) is 0.947. The fraction of sp³-hybridized carbons (Fsp3) is 0.222. The second kappa shape index (κ2) is 4.99. The molecule has 0 radical (unpaired) electrons. The van der Waals surface area contributed by atoms with Crippen LogP contribution in [0.3, 0.4) is 0 Å². The maximum absolute atomic E-state index is 12.3. The molecule has 0 saturated heterocycles. The molecule has 0 aromatic heterocycles. The fourth-order valence-corrected chi connectivity index (χ4v) is 3.14. The molecule has 98 valence electrons. The molecule has 0 aliphatic heterocycles. The van der Waals surface area contributed by atoms with Crippen LogP contribution in [0.2, 0.25) is 0 Å². The van der Waals surface area contributed by atoms with E-state index in [1.54, 1.807) is 6.07 Å². The summed E-state index contributed by atoms with van der Waals surface area (Å²) < 4.78 is 59.1. The molecule has 0 aliphatic carbocycles. The number of nitriles is 1. The summed E-state index contributed by atoms with van der Waals surface area (Å²) >= 11 is -0.555. The van der Waals surface area contributed by atoms with E-state index in [1.165, 1.54) is 6.92 Å². The molecule has 0 heterocycles. The molecule has 0 atom stereocenters. The first-order chi connectivity index (χ1) is 8.04. The minimum atomic E-state index is -4.62. The van der Waals surface area contributed by atoms with Gasteiger partial charge in [0, 0.05) is 15.6 Å². The van der Waals surface area contributed by atoms with Crippen LogP contribution in [0.15, 0.2) is 21.9 Å². The zero-order valence-electron chi connectivity index (χ0n) is 8.75. The Balaban J connectivity index is 3.47. The first kappa shape index (κ1) is 15.1. The molecule has 0 fully saturated rings. The van der Waals surface area contributed by atoms with Gasteiger partial charge in [0.25, 0.3) is 9.05 Å². The highest BCUT2D eigenvalue weighted by Crippen LogP contribution is 2.40. The monoisotopic (exact) mass is 315 g/mol. The van der Waals surface area contributed by atoms with Crippen LogP contribution in [0.5, 0.6) is 0 Å². The van der Waals surface area contributed by atoms with Gasteiger partial charge in [-0.2, -0.15) is 18.4 Å². The van der Waals surface area contributed by atoms with Crippen LogP contribution in [0.25, 0.3) is 0 Å². The molecule has 0 aliphatic rings. The number of rotatable bonds is 2. The standard InChI is InChI=1S/C9H5ClF3NO2S2/c1-5-2-6(4-14)7(17-9(11,12)13)3-8(5)18(10,15)16/h2-3H,1H3. The van der Waals surface area contributed by atoms with Gasteiger partial charge in [-0.15, -0.1) is 0 Å². The molecule has 18 heavy (non-hydrogen) atoms. The predicted octanol–water partition coefficient (Wildman–Crippen LogP) is 3.41. The Morgan fingerprint density at radius 3 is 2.33 bits per heavy atom. The Morgan fingerprint density at radius 2 is 1.94 bits per heavy atom. The molecule has 0 spiro atoms. The van der Waals surface area contributed by atoms with E-state index >= 15 is 0 Å². The van der Waals surface area contributed by atoms with E-state index in [2.05, 4.69) is 0 Å². The number of hydrogen-bond acceptors (Lipinski definition) is 4. The quantitative estimate of drug-likeness (QED) is 0.620. The SMILES string of the molecule is Cc1cc(C#N)c(SC(F)(F)F)cc1S(=O)(=O)Cl. The van der Waals surface area contributed by atoms with Crippen molar-refractivity contribution in [2.45, 2.75) is 22.2 Å². The van der Waals surface area contributed by atoms with Gasteiger partial charge in [0.15, 0.2) is 0 Å². The van der Waals surface area contributed by atoms with Gasteiger partial charge in [-0.25, -0.2) is 8.42 Å². The fourth-order valence-electron chi connectivity index (χ4n) is 1.23. The highest BCUT2D eigenvalue weighted by atomic mass is 35.7. The predicted molar refractivity (Wildman–Crippen MR) is 60.8 cm³/mol. The van der Waals surface area contributed by atoms with Crippen molar-refractivity contribution >= 4 is 31.5 Å². The Labute approximate surface area is 110 Å². The molecule has 1 aromatic rings. The minimum absolute atomic E-state index is 0.119. The third-order valence-corrected chi connectivity index (χ3v) is 4.14. The van der Waals surface area contributed by atoms with E-state index in [9.17, 15) is 21.6 Å². The van der Waals surface area contributed by atoms with Gasteiger partial charge in [-0.3, -0.25) is 0 Å². The van der Waals surface area contributed by atoms with E-state index in [-0.39, 0.29) is 11.1 Å². The van der Waals surface area contributed by atoms with Crippen LogP contribution in [0, 0.1) is 18.3 Å². The first-order valence-electron chi connectivity index (χ1n) is 4.30. The number of nitrogens with zero attached hydrogens (tertiary/aromatic N) is 1. The Morgan fingerprint density at radius 1 is 1.39 bits per heavy atom. The lowest BCUT2D eigenvalue weighted by Gasteiger charge is -2.10. The second-order valence-corrected chi connectivity index (χ2v) is 6.85. The topological polar surface area (TPSA) is 57.9 Å². The van der Waals surface area contributed by atoms with Gasteiger partial charge in [0.2, 0.25) is 0 Å². The van der Waals surface area contributed by atoms with Crippen molar-refractivity contribution in [3.63, 3.8) is 0 Å². The molecule has 0 bridgehead atoms. The maximum atomic E-state index is 12.3. The van der Waals surface area contributed by atoms with Gasteiger partial charge in [-0.05, 0) is 36.4 Å². The van der Waals surface area contributed by atoms with E-state index in [1.807, 2.05) is 0 Å². The third kappa shape index (κ3) is 3.80. The van der Waals surface area contributed by atoms with E-state index in [0.717, 1.165) is 12.1 Å². The molecule has 0 unspecified atom stereocenters. The van der Waals surface area contributed by atoms with Gasteiger partial charge < -0.3 is 0 Å². The van der Waals surface area contributed by atoms with Crippen molar-refractivity contribution in [1.29, 1.82) is 5.26 Å². The zero-order valence-corrected chi connectivity index (χ0v) is 11.1. The van der Waals surface area contributed by atoms with Crippen LogP contribution >= 0.6 is 22.4 Å². The zero-order chi connectivity index (χ0) is 14.1. The smallest absolute Gasteiger partial charge is 0.207 e. The molecule has 0 saturated carbocycles. The van der Waals surface area contributed by atoms with Crippen molar-refractivity contribution in [2.24, 2.45) is 0 Å². The summed E-state index contributed by atoms with van der Waals surface area (Å²) in [5.41, 5.74) is -4.75. The highest BCUT2D eigenvalue weighted by molar-refractivity contribution is 8.13. The largest absolute Gasteiger partial charge is 0.446 e. The molecular weight excluding hydrogens is 311 g/mol. The van der Waals surface area contributed by atoms with Crippen molar-refractivity contribution in [3.8, 4) is 6.07 Å². The van der Waals surface area contributed by atoms with Crippen LogP contribution in [-0.4, -0.2) is 13.9 Å². The van der Waals surface area contributed by atoms with E-state index in [4.69, 9.17) is 15.9 Å². The second-order valence-electron chi connectivity index (χ2n) is 3.21. The molecule has 1 aromatic carbocycles. The lowest BCUT2D eigenvalue weighted by molar-refractivity contribution is -0.0328. The summed E-state index contributed by atoms with van der Waals surface area (Å²) in [6, 6.07) is 3.40. The van der Waals surface area contributed by atoms with Gasteiger partial charge >= 0.3 is 5.51 Å². The minimum Gasteiger partial charge on any atom is -0.207 e. The summed E-state index contributed by atoms with van der Waals surface area (Å²) in [6.45, 7) is 1.35. The summed E-state index contributed by atoms with van der Waals surface area (Å²) in [4.78, 5) is -0.926. The van der Waals surface area contributed by atoms with Crippen LogP contribution in [0.4, 0.5) is 13.2 Å². The summed E-state index contributed by atoms with van der Waals surface area (Å²) in [5, 5.41) is 8.72. The maximum Gasteiger partial charge on any atom is 0.446 e. The van der Waals surface area contributed by atoms with Crippen LogP contribution in [0.1, 0.15) is 11.1 Å². The molecule has 9 heteroatoms. The number of aryl methyl sites for hydroxylation is 1. The Hall–Kier alpha value is -0.910. The van der Waals surface area contributed by atoms with E-state index in [0.29, 0.717) is 0 Å². The summed E-state index contributed by atoms with van der Waals surface area (Å²) in [5.74, 6) is 0. The van der Waals surface area contributed by atoms with Crippen LogP contribution in [-0.2, 0) is 9.05 Å². The average Bonchev–Trinajstić information content (AvgIpc) is 2.16. The lowest BCUT2D eigenvalue weighted by atomic mass is 10.1. The van der Waals surface area contributed by atoms with Crippen molar-refractivity contribution < 1.29 is 21.6 Å². The molecule has 3 nitrogen and oxygen atoms in total. The summed E-state index contributed by atoms with van der Waals surface area (Å²) in [6.07, 6.45) is 0. The van der Waals surface area contributed by atoms with Crippen molar-refractivity contribution in [1.82, 2.24) is 0 Å². The lowest BCUT2D eigenvalue weighted by Crippen LogP contribution is -2.03.